The number of nitrogens with one attached hydrogen (secondary N) is 1. The molecule has 1 atom stereocenters. The van der Waals surface area contributed by atoms with Crippen LogP contribution < -0.4 is 15.0 Å². The monoisotopic (exact) mass is 458 g/mol. The molecule has 32 heavy (non-hydrogen) atoms. The number of rotatable bonds is 8. The number of hydrogen-bond acceptors (Lipinski definition) is 6. The second-order valence-electron chi connectivity index (χ2n) is 7.68. The van der Waals surface area contributed by atoms with E-state index in [2.05, 4.69) is 4.98 Å². The van der Waals surface area contributed by atoms with E-state index in [0.717, 1.165) is 18.2 Å². The van der Waals surface area contributed by atoms with Gasteiger partial charge >= 0.3 is 0 Å². The number of benzene rings is 2. The lowest BCUT2D eigenvalue weighted by Gasteiger charge is -2.25. The average molecular weight is 459 g/mol. The first-order valence-corrected chi connectivity index (χ1v) is 11.8. The molecule has 1 fully saturated rings. The molecule has 170 valence electrons. The summed E-state index contributed by atoms with van der Waals surface area (Å²) in [5.74, 6) is 1.19. The summed E-state index contributed by atoms with van der Waals surface area (Å²) < 4.78 is 44.3. The molecule has 3 aromatic rings. The van der Waals surface area contributed by atoms with Crippen LogP contribution in [0.25, 0.3) is 10.9 Å². The molecule has 8 nitrogen and oxygen atoms in total. The van der Waals surface area contributed by atoms with Crippen LogP contribution in [0.2, 0.25) is 0 Å². The minimum absolute atomic E-state index is 0.0640. The Morgan fingerprint density at radius 1 is 1.06 bits per heavy atom. The molecule has 1 aliphatic rings. The number of ether oxygens (including phenoxy) is 3. The molecule has 0 radical (unpaired) electrons. The van der Waals surface area contributed by atoms with Crippen LogP contribution in [0.1, 0.15) is 18.4 Å². The normalized spacial score (nSPS) is 16.5. The van der Waals surface area contributed by atoms with Crippen LogP contribution in [-0.2, 0) is 21.3 Å². The number of hydrogen-bond donors (Lipinski definition) is 1. The molecular weight excluding hydrogens is 432 g/mol. The molecule has 1 aromatic heterocycles. The van der Waals surface area contributed by atoms with Crippen molar-refractivity contribution < 1.29 is 22.6 Å². The van der Waals surface area contributed by atoms with Crippen LogP contribution in [0, 0.1) is 0 Å². The van der Waals surface area contributed by atoms with Gasteiger partial charge in [-0.15, -0.1) is 0 Å². The number of sulfonamides is 1. The fraction of sp³-hybridized carbons (Fsp3) is 0.348. The molecule has 4 rings (SSSR count). The fourth-order valence-electron chi connectivity index (χ4n) is 3.82. The first kappa shape index (κ1) is 22.3. The van der Waals surface area contributed by atoms with Crippen LogP contribution in [0.3, 0.4) is 0 Å². The molecule has 0 aliphatic carbocycles. The largest absolute Gasteiger partial charge is 0.497 e. The quantitative estimate of drug-likeness (QED) is 0.557. The maximum Gasteiger partial charge on any atom is 0.252 e. The molecule has 1 aliphatic heterocycles. The van der Waals surface area contributed by atoms with Crippen molar-refractivity contribution in [3.05, 3.63) is 64.4 Å². The average Bonchev–Trinajstić information content (AvgIpc) is 3.32. The van der Waals surface area contributed by atoms with Gasteiger partial charge in [0.25, 0.3) is 5.56 Å². The van der Waals surface area contributed by atoms with Gasteiger partial charge in [-0.1, -0.05) is 0 Å². The maximum absolute atomic E-state index is 13.5. The Hall–Kier alpha value is -2.88. The number of H-pyrrole nitrogens is 1. The van der Waals surface area contributed by atoms with Crippen LogP contribution in [0.15, 0.2) is 58.2 Å². The van der Waals surface area contributed by atoms with Gasteiger partial charge in [-0.25, -0.2) is 8.42 Å². The zero-order valence-corrected chi connectivity index (χ0v) is 18.9. The standard InChI is InChI=1S/C23H26N2O6S/c1-29-18-7-9-21(10-8-18)32(27,28)25(15-20-4-3-11-31-20)14-17-12-16-5-6-19(30-2)13-22(16)24-23(17)26/h5-10,12-13,20H,3-4,11,14-15H2,1-2H3,(H,24,26)/t20-/m1/s1. The summed E-state index contributed by atoms with van der Waals surface area (Å²) in [7, 11) is -0.789. The van der Waals surface area contributed by atoms with Gasteiger partial charge in [-0.3, -0.25) is 4.79 Å². The minimum atomic E-state index is -3.87. The Kier molecular flexibility index (Phi) is 6.50. The lowest BCUT2D eigenvalue weighted by Crippen LogP contribution is -2.38. The first-order valence-electron chi connectivity index (χ1n) is 10.4. The second kappa shape index (κ2) is 9.32. The fourth-order valence-corrected chi connectivity index (χ4v) is 5.27. The molecule has 2 heterocycles. The van der Waals surface area contributed by atoms with Gasteiger partial charge in [0.15, 0.2) is 0 Å². The van der Waals surface area contributed by atoms with Gasteiger partial charge in [-0.05, 0) is 60.7 Å². The van der Waals surface area contributed by atoms with E-state index in [1.54, 1.807) is 37.4 Å². The number of fused-ring (bicyclic) bond motifs is 1. The van der Waals surface area contributed by atoms with Gasteiger partial charge in [-0.2, -0.15) is 4.31 Å². The number of nitrogens with zero attached hydrogens (tertiary/aromatic N) is 1. The van der Waals surface area contributed by atoms with E-state index in [-0.39, 0.29) is 29.6 Å². The van der Waals surface area contributed by atoms with Gasteiger partial charge in [0.2, 0.25) is 10.0 Å². The SMILES string of the molecule is COc1ccc(S(=O)(=O)N(Cc2cc3ccc(OC)cc3[nH]c2=O)C[C@H]2CCCO2)cc1. The Labute approximate surface area is 186 Å². The third-order valence-electron chi connectivity index (χ3n) is 5.61. The van der Waals surface area contributed by atoms with Gasteiger partial charge < -0.3 is 19.2 Å². The van der Waals surface area contributed by atoms with Crippen LogP contribution >= 0.6 is 0 Å². The van der Waals surface area contributed by atoms with E-state index < -0.39 is 10.0 Å². The minimum Gasteiger partial charge on any atom is -0.497 e. The highest BCUT2D eigenvalue weighted by molar-refractivity contribution is 7.89. The van der Waals surface area contributed by atoms with Gasteiger partial charge in [0, 0.05) is 31.3 Å². The molecular formula is C23H26N2O6S. The molecule has 0 spiro atoms. The van der Waals surface area contributed by atoms with Gasteiger partial charge in [0.1, 0.15) is 11.5 Å². The number of pyridine rings is 1. The van der Waals surface area contributed by atoms with E-state index in [1.165, 1.54) is 23.5 Å². The van der Waals surface area contributed by atoms with Crippen molar-refractivity contribution in [1.82, 2.24) is 9.29 Å². The van der Waals surface area contributed by atoms with Crippen LogP contribution in [0.5, 0.6) is 11.5 Å². The van der Waals surface area contributed by atoms with Crippen LogP contribution in [0.4, 0.5) is 0 Å². The topological polar surface area (TPSA) is 97.9 Å². The van der Waals surface area contributed by atoms with E-state index in [1.807, 2.05) is 6.07 Å². The van der Waals surface area contributed by atoms with Crippen molar-refractivity contribution in [2.75, 3.05) is 27.4 Å². The van der Waals surface area contributed by atoms with Crippen molar-refractivity contribution in [2.24, 2.45) is 0 Å². The maximum atomic E-state index is 13.5. The van der Waals surface area contributed by atoms with Crippen LogP contribution in [-0.4, -0.2) is 51.2 Å². The summed E-state index contributed by atoms with van der Waals surface area (Å²) in [6, 6.07) is 13.3. The lowest BCUT2D eigenvalue weighted by atomic mass is 10.1. The zero-order valence-electron chi connectivity index (χ0n) is 18.0. The Morgan fingerprint density at radius 3 is 2.44 bits per heavy atom. The predicted molar refractivity (Wildman–Crippen MR) is 121 cm³/mol. The Bertz CT molecular complexity index is 1250. The third-order valence-corrected chi connectivity index (χ3v) is 7.43. The molecule has 0 bridgehead atoms. The zero-order chi connectivity index (χ0) is 22.7. The highest BCUT2D eigenvalue weighted by atomic mass is 32.2. The van der Waals surface area contributed by atoms with Gasteiger partial charge in [0.05, 0.1) is 30.7 Å². The summed E-state index contributed by atoms with van der Waals surface area (Å²) in [6.07, 6.45) is 1.47. The highest BCUT2D eigenvalue weighted by Gasteiger charge is 2.30. The van der Waals surface area contributed by atoms with E-state index in [9.17, 15) is 13.2 Å². The summed E-state index contributed by atoms with van der Waals surface area (Å²) in [5.41, 5.74) is 0.646. The van der Waals surface area contributed by atoms with E-state index in [4.69, 9.17) is 14.2 Å². The number of aromatic nitrogens is 1. The number of aromatic amines is 1. The second-order valence-corrected chi connectivity index (χ2v) is 9.62. The summed E-state index contributed by atoms with van der Waals surface area (Å²) in [4.78, 5) is 15.8. The Balaban J connectivity index is 1.70. The Morgan fingerprint density at radius 2 is 1.78 bits per heavy atom. The molecule has 9 heteroatoms. The lowest BCUT2D eigenvalue weighted by molar-refractivity contribution is 0.0925. The van der Waals surface area contributed by atoms with Crippen molar-refractivity contribution in [1.29, 1.82) is 0 Å². The van der Waals surface area contributed by atoms with E-state index in [0.29, 0.717) is 29.2 Å². The molecule has 1 saturated heterocycles. The van der Waals surface area contributed by atoms with E-state index >= 15 is 0 Å². The number of methoxy groups -OCH3 is 2. The third kappa shape index (κ3) is 4.64. The van der Waals surface area contributed by atoms with Crippen molar-refractivity contribution in [2.45, 2.75) is 30.4 Å². The molecule has 2 aromatic carbocycles. The molecule has 0 amide bonds. The summed E-state index contributed by atoms with van der Waals surface area (Å²) >= 11 is 0. The first-order chi connectivity index (χ1) is 15.4. The van der Waals surface area contributed by atoms with Crippen molar-refractivity contribution in [3.8, 4) is 11.5 Å². The molecule has 0 saturated carbocycles. The summed E-state index contributed by atoms with van der Waals surface area (Å²) in [6.45, 7) is 0.722. The smallest absolute Gasteiger partial charge is 0.252 e. The molecule has 0 unspecified atom stereocenters. The van der Waals surface area contributed by atoms with Crippen molar-refractivity contribution >= 4 is 20.9 Å². The van der Waals surface area contributed by atoms with Crippen molar-refractivity contribution in [3.63, 3.8) is 0 Å². The molecule has 1 N–H and O–H groups in total. The summed E-state index contributed by atoms with van der Waals surface area (Å²) in [5, 5.41) is 0.791. The predicted octanol–water partition coefficient (Wildman–Crippen LogP) is 2.92. The highest BCUT2D eigenvalue weighted by Crippen LogP contribution is 2.25.